The molecule has 1 aliphatic rings. The highest BCUT2D eigenvalue weighted by Gasteiger charge is 2.16. The van der Waals surface area contributed by atoms with E-state index < -0.39 is 0 Å². The Morgan fingerprint density at radius 2 is 2.12 bits per heavy atom. The highest BCUT2D eigenvalue weighted by Crippen LogP contribution is 2.29. The maximum absolute atomic E-state index is 10.3. The van der Waals surface area contributed by atoms with E-state index >= 15 is 0 Å². The average Bonchev–Trinajstić information content (AvgIpc) is 3.16. The summed E-state index contributed by atoms with van der Waals surface area (Å²) in [6.45, 7) is 4.15. The van der Waals surface area contributed by atoms with Gasteiger partial charge in [-0.3, -0.25) is 4.57 Å². The molecule has 0 spiro atoms. The lowest BCUT2D eigenvalue weighted by molar-refractivity contribution is 0.415. The molecule has 122 valence electrons. The van der Waals surface area contributed by atoms with Crippen molar-refractivity contribution in [2.45, 2.75) is 6.54 Å². The number of nitrogens with zero attached hydrogens (tertiary/aromatic N) is 3. The van der Waals surface area contributed by atoms with E-state index in [0.717, 1.165) is 22.6 Å². The minimum atomic E-state index is 0.131. The van der Waals surface area contributed by atoms with Gasteiger partial charge in [0.2, 0.25) is 5.88 Å². The number of methoxy groups -OCH3 is 1. The monoisotopic (exact) mass is 357 g/mol. The molecular weight excluding hydrogens is 342 g/mol. The Morgan fingerprint density at radius 3 is 2.79 bits per heavy atom. The van der Waals surface area contributed by atoms with E-state index in [1.807, 2.05) is 30.3 Å². The second-order valence-electron chi connectivity index (χ2n) is 4.98. The smallest absolute Gasteiger partial charge is 0.210 e. The van der Waals surface area contributed by atoms with Gasteiger partial charge in [0.1, 0.15) is 11.5 Å². The standard InChI is InChI=1S/C17H15N3O2S2/c1-3-8-20-16(21)14(24-17(20)23)9-12-10-18-19-15(12)11-4-6-13(22-2)7-5-11/h3-7,9-10,21H,1,8H2,2H3. The first-order chi connectivity index (χ1) is 11.6. The Bertz CT molecular complexity index is 918. The summed E-state index contributed by atoms with van der Waals surface area (Å²) in [5.41, 5.74) is 2.48. The van der Waals surface area contributed by atoms with Crippen LogP contribution in [0.2, 0.25) is 0 Å². The van der Waals surface area contributed by atoms with Gasteiger partial charge in [-0.2, -0.15) is 5.10 Å². The highest BCUT2D eigenvalue weighted by atomic mass is 32.1. The van der Waals surface area contributed by atoms with Crippen LogP contribution in [0.1, 0.15) is 10.4 Å². The Kier molecular flexibility index (Phi) is 4.73. The molecule has 24 heavy (non-hydrogen) atoms. The van der Waals surface area contributed by atoms with Gasteiger partial charge in [0.15, 0.2) is 3.95 Å². The van der Waals surface area contributed by atoms with Crippen molar-refractivity contribution in [3.63, 3.8) is 0 Å². The first kappa shape index (κ1) is 16.4. The minimum absolute atomic E-state index is 0.131. The first-order valence-corrected chi connectivity index (χ1v) is 8.37. The fourth-order valence-corrected chi connectivity index (χ4v) is 3.56. The van der Waals surface area contributed by atoms with E-state index in [0.29, 0.717) is 15.4 Å². The van der Waals surface area contributed by atoms with Crippen LogP contribution >= 0.6 is 23.6 Å². The molecule has 0 saturated carbocycles. The van der Waals surface area contributed by atoms with Gasteiger partial charge in [0, 0.05) is 17.7 Å². The zero-order valence-electron chi connectivity index (χ0n) is 13.0. The molecule has 0 unspecified atom stereocenters. The molecule has 0 amide bonds. The zero-order chi connectivity index (χ0) is 17.1. The second-order valence-corrected chi connectivity index (χ2v) is 6.65. The molecule has 5 nitrogen and oxygen atoms in total. The maximum Gasteiger partial charge on any atom is 0.210 e. The number of benzene rings is 1. The lowest BCUT2D eigenvalue weighted by Crippen LogP contribution is -2.02. The lowest BCUT2D eigenvalue weighted by Gasteiger charge is -2.04. The lowest BCUT2D eigenvalue weighted by atomic mass is 10.0. The van der Waals surface area contributed by atoms with E-state index in [-0.39, 0.29) is 5.88 Å². The summed E-state index contributed by atoms with van der Waals surface area (Å²) in [6.07, 6.45) is 5.20. The van der Waals surface area contributed by atoms with Crippen LogP contribution in [0.25, 0.3) is 6.08 Å². The Labute approximate surface area is 148 Å². The van der Waals surface area contributed by atoms with Crippen molar-refractivity contribution in [1.29, 1.82) is 0 Å². The van der Waals surface area contributed by atoms with Crippen LogP contribution in [-0.4, -0.2) is 28.7 Å². The molecule has 0 saturated heterocycles. The molecule has 0 atom stereocenters. The third kappa shape index (κ3) is 3.08. The predicted octanol–water partition coefficient (Wildman–Crippen LogP) is 4.05. The summed E-state index contributed by atoms with van der Waals surface area (Å²) in [5.74, 6) is 0.910. The molecule has 0 fully saturated rings. The van der Waals surface area contributed by atoms with Gasteiger partial charge >= 0.3 is 0 Å². The molecule has 0 bridgehead atoms. The summed E-state index contributed by atoms with van der Waals surface area (Å²) in [6, 6.07) is 7.58. The molecule has 2 aromatic rings. The minimum Gasteiger partial charge on any atom is -0.497 e. The van der Waals surface area contributed by atoms with E-state index in [2.05, 4.69) is 16.8 Å². The van der Waals surface area contributed by atoms with E-state index in [1.54, 1.807) is 24.0 Å². The molecule has 3 rings (SSSR count). The van der Waals surface area contributed by atoms with Crippen LogP contribution in [0.15, 0.2) is 52.7 Å². The van der Waals surface area contributed by atoms with Gasteiger partial charge in [-0.25, -0.2) is 0 Å². The van der Waals surface area contributed by atoms with Crippen LogP contribution in [0.3, 0.4) is 0 Å². The molecule has 1 aromatic carbocycles. The summed E-state index contributed by atoms with van der Waals surface area (Å²) in [5, 5.41) is 18.5. The van der Waals surface area contributed by atoms with E-state index in [9.17, 15) is 5.11 Å². The Balaban J connectivity index is 1.96. The van der Waals surface area contributed by atoms with Gasteiger partial charge in [-0.1, -0.05) is 6.08 Å². The van der Waals surface area contributed by atoms with Crippen molar-refractivity contribution >= 4 is 41.6 Å². The SMILES string of the molecule is C=CCn1c(O)c(C=C2C=NN=C2c2ccc(OC)cc2)sc1=S. The summed E-state index contributed by atoms with van der Waals surface area (Å²) in [4.78, 5) is 0.673. The quantitative estimate of drug-likeness (QED) is 0.649. The van der Waals surface area contributed by atoms with Gasteiger partial charge in [-0.05, 0) is 42.6 Å². The maximum atomic E-state index is 10.3. The van der Waals surface area contributed by atoms with Gasteiger partial charge in [0.25, 0.3) is 0 Å². The molecule has 0 aliphatic carbocycles. The number of rotatable bonds is 5. The van der Waals surface area contributed by atoms with Gasteiger partial charge in [0.05, 0.1) is 18.2 Å². The number of aromatic hydroxyl groups is 1. The van der Waals surface area contributed by atoms with Crippen molar-refractivity contribution < 1.29 is 9.84 Å². The molecule has 2 heterocycles. The first-order valence-electron chi connectivity index (χ1n) is 7.15. The molecule has 7 heteroatoms. The van der Waals surface area contributed by atoms with Gasteiger partial charge in [-0.15, -0.1) is 23.0 Å². The Morgan fingerprint density at radius 1 is 1.38 bits per heavy atom. The van der Waals surface area contributed by atoms with Crippen LogP contribution in [0.5, 0.6) is 11.6 Å². The van der Waals surface area contributed by atoms with Crippen LogP contribution in [0.4, 0.5) is 0 Å². The van der Waals surface area contributed by atoms with Gasteiger partial charge < -0.3 is 9.84 Å². The normalized spacial score (nSPS) is 14.9. The number of ether oxygens (including phenoxy) is 1. The molecule has 0 radical (unpaired) electrons. The number of hydrogen-bond acceptors (Lipinski definition) is 6. The topological polar surface area (TPSA) is 59.1 Å². The summed E-state index contributed by atoms with van der Waals surface area (Å²) in [7, 11) is 1.63. The average molecular weight is 357 g/mol. The zero-order valence-corrected chi connectivity index (χ0v) is 14.6. The predicted molar refractivity (Wildman–Crippen MR) is 101 cm³/mol. The number of thiazole rings is 1. The van der Waals surface area contributed by atoms with Crippen molar-refractivity contribution in [3.05, 3.63) is 56.9 Å². The number of hydrogen-bond donors (Lipinski definition) is 1. The van der Waals surface area contributed by atoms with Crippen LogP contribution in [0, 0.1) is 3.95 Å². The van der Waals surface area contributed by atoms with Crippen molar-refractivity contribution in [2.24, 2.45) is 10.2 Å². The van der Waals surface area contributed by atoms with Crippen molar-refractivity contribution in [3.8, 4) is 11.6 Å². The van der Waals surface area contributed by atoms with Crippen molar-refractivity contribution in [1.82, 2.24) is 4.57 Å². The third-order valence-electron chi connectivity index (χ3n) is 3.48. The largest absolute Gasteiger partial charge is 0.497 e. The fraction of sp³-hybridized carbons (Fsp3) is 0.118. The molecule has 1 aliphatic heterocycles. The molecule has 1 aromatic heterocycles. The van der Waals surface area contributed by atoms with E-state index in [1.165, 1.54) is 11.3 Å². The highest BCUT2D eigenvalue weighted by molar-refractivity contribution is 7.73. The molecular formula is C17H15N3O2S2. The van der Waals surface area contributed by atoms with Crippen LogP contribution < -0.4 is 4.74 Å². The Hall–Kier alpha value is -2.51. The van der Waals surface area contributed by atoms with E-state index in [4.69, 9.17) is 17.0 Å². The third-order valence-corrected chi connectivity index (χ3v) is 4.87. The van der Waals surface area contributed by atoms with Crippen molar-refractivity contribution in [2.75, 3.05) is 7.11 Å². The molecule has 1 N–H and O–H groups in total. The summed E-state index contributed by atoms with van der Waals surface area (Å²) < 4.78 is 7.40. The summed E-state index contributed by atoms with van der Waals surface area (Å²) >= 11 is 6.62. The second kappa shape index (κ2) is 6.94. The van der Waals surface area contributed by atoms with Crippen LogP contribution in [-0.2, 0) is 6.54 Å². The fourth-order valence-electron chi connectivity index (χ4n) is 2.29. The number of aromatic nitrogens is 1. The number of allylic oxidation sites excluding steroid dienone is 2.